The Morgan fingerprint density at radius 3 is 2.42 bits per heavy atom. The van der Waals surface area contributed by atoms with E-state index < -0.39 is 49.7 Å². The van der Waals surface area contributed by atoms with Gasteiger partial charge in [-0.3, -0.25) is 18.9 Å². The second-order valence-electron chi connectivity index (χ2n) is 6.16. The summed E-state index contributed by atoms with van der Waals surface area (Å²) >= 11 is 0. The Bertz CT molecular complexity index is 770. The molecule has 0 bridgehead atoms. The van der Waals surface area contributed by atoms with E-state index in [2.05, 4.69) is 4.98 Å². The number of ether oxygens (including phenoxy) is 3. The highest BCUT2D eigenvalue weighted by Gasteiger charge is 2.50. The van der Waals surface area contributed by atoms with Crippen LogP contribution in [0.2, 0.25) is 0 Å². The third kappa shape index (κ3) is 4.89. The van der Waals surface area contributed by atoms with E-state index in [4.69, 9.17) is 28.5 Å². The topological polar surface area (TPSA) is 149 Å². The van der Waals surface area contributed by atoms with Crippen molar-refractivity contribution in [2.45, 2.75) is 57.5 Å². The number of H-pyrrole nitrogens is 1. The second-order valence-corrected chi connectivity index (χ2v) is 7.35. The number of rotatable bonds is 7. The molecule has 148 valence electrons. The molecule has 0 unspecified atom stereocenters. The molecule has 12 heteroatoms. The molecular weight excluding hydrogens is 371 g/mol. The van der Waals surface area contributed by atoms with Crippen molar-refractivity contribution in [1.29, 1.82) is 0 Å². The molecule has 0 radical (unpaired) electrons. The molecule has 11 nitrogen and oxygen atoms in total. The van der Waals surface area contributed by atoms with Crippen LogP contribution in [-0.4, -0.2) is 57.0 Å². The van der Waals surface area contributed by atoms with E-state index in [1.165, 1.54) is 20.2 Å². The van der Waals surface area contributed by atoms with Crippen molar-refractivity contribution >= 4 is 7.82 Å². The molecule has 0 aromatic carbocycles. The first-order valence-corrected chi connectivity index (χ1v) is 9.45. The van der Waals surface area contributed by atoms with Gasteiger partial charge in [0.1, 0.15) is 18.3 Å². The van der Waals surface area contributed by atoms with Crippen LogP contribution in [0.3, 0.4) is 0 Å². The number of hydrogen-bond donors (Lipinski definition) is 3. The van der Waals surface area contributed by atoms with Crippen LogP contribution in [0.5, 0.6) is 0 Å². The summed E-state index contributed by atoms with van der Waals surface area (Å²) in [6.45, 7) is 4.97. The maximum atomic E-state index is 12.1. The summed E-state index contributed by atoms with van der Waals surface area (Å²) in [4.78, 5) is 43.6. The van der Waals surface area contributed by atoms with Crippen LogP contribution >= 0.6 is 7.82 Å². The van der Waals surface area contributed by atoms with Crippen molar-refractivity contribution in [2.24, 2.45) is 0 Å². The first kappa shape index (κ1) is 21.0. The van der Waals surface area contributed by atoms with Crippen LogP contribution < -0.4 is 11.2 Å². The summed E-state index contributed by atoms with van der Waals surface area (Å²) in [5.41, 5.74) is -1.28. The molecule has 0 spiro atoms. The fourth-order valence-corrected chi connectivity index (χ4v) is 3.44. The monoisotopic (exact) mass is 394 g/mol. The van der Waals surface area contributed by atoms with Crippen molar-refractivity contribution in [3.63, 3.8) is 0 Å². The molecule has 26 heavy (non-hydrogen) atoms. The third-order valence-corrected chi connectivity index (χ3v) is 4.43. The Labute approximate surface area is 149 Å². The Morgan fingerprint density at radius 2 is 1.92 bits per heavy atom. The zero-order valence-corrected chi connectivity index (χ0v) is 15.7. The van der Waals surface area contributed by atoms with E-state index >= 15 is 0 Å². The first-order chi connectivity index (χ1) is 12.0. The van der Waals surface area contributed by atoms with Gasteiger partial charge in [0.05, 0.1) is 12.2 Å². The average Bonchev–Trinajstić information content (AvgIpc) is 2.83. The maximum Gasteiger partial charge on any atom is 0.469 e. The number of methoxy groups -OCH3 is 1. The van der Waals surface area contributed by atoms with Gasteiger partial charge >= 0.3 is 13.5 Å². The van der Waals surface area contributed by atoms with Crippen LogP contribution in [0.15, 0.2) is 21.9 Å². The average molecular weight is 394 g/mol. The summed E-state index contributed by atoms with van der Waals surface area (Å²) in [5, 5.41) is 0. The molecule has 1 saturated heterocycles. The molecule has 0 aliphatic carbocycles. The lowest BCUT2D eigenvalue weighted by molar-refractivity contribution is -0.101. The van der Waals surface area contributed by atoms with E-state index in [1.807, 2.05) is 0 Å². The predicted octanol–water partition coefficient (Wildman–Crippen LogP) is -0.260. The zero-order chi connectivity index (χ0) is 19.6. The number of hydrogen-bond acceptors (Lipinski definition) is 7. The van der Waals surface area contributed by atoms with Crippen molar-refractivity contribution in [3.05, 3.63) is 33.1 Å². The number of nitrogens with zero attached hydrogens (tertiary/aromatic N) is 1. The number of phosphoric acid groups is 1. The van der Waals surface area contributed by atoms with E-state index in [0.717, 1.165) is 10.6 Å². The Hall–Kier alpha value is -1.33. The number of aromatic amines is 1. The summed E-state index contributed by atoms with van der Waals surface area (Å²) < 4.78 is 34.1. The van der Waals surface area contributed by atoms with Gasteiger partial charge in [-0.1, -0.05) is 0 Å². The largest absolute Gasteiger partial charge is 0.469 e. The van der Waals surface area contributed by atoms with Gasteiger partial charge < -0.3 is 24.0 Å². The molecule has 2 rings (SSSR count). The minimum absolute atomic E-state index is 0.253. The fourth-order valence-electron chi connectivity index (χ4n) is 2.89. The standard InChI is InChI=1S/C14H23N2O9P/c1-7(2)23-11-10(8(3)25-26(19,20)21)24-13(12(11)22-4)16-6-5-9(17)15-14(16)18/h5-8,10-13H,1-4H3,(H,15,17,18)(H2,19,20,21)/t8-,10+,11-,12-,13+/m0/s1. The Balaban J connectivity index is 2.40. The lowest BCUT2D eigenvalue weighted by Gasteiger charge is -2.28. The van der Waals surface area contributed by atoms with Crippen LogP contribution in [0.1, 0.15) is 27.0 Å². The normalized spacial score (nSPS) is 27.8. The molecule has 1 aromatic heterocycles. The van der Waals surface area contributed by atoms with Gasteiger partial charge in [-0.05, 0) is 20.8 Å². The fraction of sp³-hybridized carbons (Fsp3) is 0.714. The van der Waals surface area contributed by atoms with Gasteiger partial charge in [-0.15, -0.1) is 0 Å². The lowest BCUT2D eigenvalue weighted by atomic mass is 10.1. The van der Waals surface area contributed by atoms with Crippen LogP contribution in [0, 0.1) is 0 Å². The SMILES string of the molecule is CO[C@H]1[C@@H](OC(C)C)[C@@H]([C@H](C)OP(=O)(O)O)O[C@H]1n1ccc(=O)[nH]c1=O. The second kappa shape index (κ2) is 8.13. The Kier molecular flexibility index (Phi) is 6.56. The van der Waals surface area contributed by atoms with E-state index in [9.17, 15) is 14.2 Å². The van der Waals surface area contributed by atoms with Crippen molar-refractivity contribution in [1.82, 2.24) is 9.55 Å². The Morgan fingerprint density at radius 1 is 1.27 bits per heavy atom. The highest BCUT2D eigenvalue weighted by atomic mass is 31.2. The smallest absolute Gasteiger partial charge is 0.374 e. The summed E-state index contributed by atoms with van der Waals surface area (Å²) in [6, 6.07) is 1.15. The highest BCUT2D eigenvalue weighted by Crippen LogP contribution is 2.42. The van der Waals surface area contributed by atoms with E-state index in [-0.39, 0.29) is 6.10 Å². The lowest BCUT2D eigenvalue weighted by Crippen LogP contribution is -2.43. The molecule has 3 N–H and O–H groups in total. The summed E-state index contributed by atoms with van der Waals surface area (Å²) in [6.07, 6.45) is -3.53. The summed E-state index contributed by atoms with van der Waals surface area (Å²) in [7, 11) is -3.37. The molecule has 0 amide bonds. The van der Waals surface area contributed by atoms with Gasteiger partial charge in [0.2, 0.25) is 0 Å². The van der Waals surface area contributed by atoms with Crippen molar-refractivity contribution in [2.75, 3.05) is 7.11 Å². The van der Waals surface area contributed by atoms with Crippen molar-refractivity contribution < 1.29 is 33.1 Å². The molecule has 1 aliphatic rings. The highest BCUT2D eigenvalue weighted by molar-refractivity contribution is 7.46. The van der Waals surface area contributed by atoms with Crippen LogP contribution in [0.4, 0.5) is 0 Å². The quantitative estimate of drug-likeness (QED) is 0.532. The van der Waals surface area contributed by atoms with Gasteiger partial charge in [-0.25, -0.2) is 9.36 Å². The van der Waals surface area contributed by atoms with Gasteiger partial charge in [0.25, 0.3) is 5.56 Å². The molecule has 1 aromatic rings. The number of aromatic nitrogens is 2. The zero-order valence-electron chi connectivity index (χ0n) is 14.8. The molecule has 0 saturated carbocycles. The number of nitrogens with one attached hydrogen (secondary N) is 1. The first-order valence-electron chi connectivity index (χ1n) is 7.92. The minimum Gasteiger partial charge on any atom is -0.374 e. The molecule has 5 atom stereocenters. The molecular formula is C14H23N2O9P. The summed E-state index contributed by atoms with van der Waals surface area (Å²) in [5.74, 6) is 0. The third-order valence-electron chi connectivity index (χ3n) is 3.82. The van der Waals surface area contributed by atoms with E-state index in [0.29, 0.717) is 0 Å². The van der Waals surface area contributed by atoms with Crippen LogP contribution in [-0.2, 0) is 23.3 Å². The van der Waals surface area contributed by atoms with Crippen molar-refractivity contribution in [3.8, 4) is 0 Å². The van der Waals surface area contributed by atoms with Gasteiger partial charge in [-0.2, -0.15) is 0 Å². The molecule has 2 heterocycles. The molecule has 1 aliphatic heterocycles. The van der Waals surface area contributed by atoms with Gasteiger partial charge in [0, 0.05) is 19.4 Å². The maximum absolute atomic E-state index is 12.1. The van der Waals surface area contributed by atoms with Crippen LogP contribution in [0.25, 0.3) is 0 Å². The van der Waals surface area contributed by atoms with E-state index in [1.54, 1.807) is 13.8 Å². The molecule has 1 fully saturated rings. The predicted molar refractivity (Wildman–Crippen MR) is 88.6 cm³/mol. The minimum atomic E-state index is -4.76. The van der Waals surface area contributed by atoms with Gasteiger partial charge in [0.15, 0.2) is 6.23 Å². The number of phosphoric ester groups is 1.